The molecule has 0 saturated carbocycles. The van der Waals surface area contributed by atoms with Gasteiger partial charge in [0.15, 0.2) is 6.61 Å². The van der Waals surface area contributed by atoms with E-state index in [1.807, 2.05) is 41.7 Å². The molecule has 2 heterocycles. The fourth-order valence-electron chi connectivity index (χ4n) is 3.55. The summed E-state index contributed by atoms with van der Waals surface area (Å²) in [6, 6.07) is 14.2. The highest BCUT2D eigenvalue weighted by atomic mass is 32.2. The Morgan fingerprint density at radius 1 is 1.19 bits per heavy atom. The van der Waals surface area contributed by atoms with Crippen LogP contribution in [0, 0.1) is 6.92 Å². The predicted octanol–water partition coefficient (Wildman–Crippen LogP) is 3.84. The third kappa shape index (κ3) is 6.18. The van der Waals surface area contributed by atoms with Gasteiger partial charge in [-0.15, -0.1) is 23.5 Å². The van der Waals surface area contributed by atoms with Gasteiger partial charge in [-0.25, -0.2) is 5.43 Å². The van der Waals surface area contributed by atoms with Crippen LogP contribution in [-0.2, 0) is 9.53 Å². The van der Waals surface area contributed by atoms with Crippen LogP contribution in [0.2, 0.25) is 0 Å². The molecule has 1 amide bonds. The Bertz CT molecular complexity index is 909. The lowest BCUT2D eigenvalue weighted by molar-refractivity contribution is -0.123. The Morgan fingerprint density at radius 2 is 1.94 bits per heavy atom. The Kier molecular flexibility index (Phi) is 7.77. The number of benzene rings is 2. The molecule has 2 aromatic rings. The zero-order chi connectivity index (χ0) is 21.5. The largest absolute Gasteiger partial charge is 0.484 e. The van der Waals surface area contributed by atoms with Crippen LogP contribution in [0.3, 0.4) is 0 Å². The number of hydrogen-bond acceptors (Lipinski definition) is 7. The van der Waals surface area contributed by atoms with Crippen LogP contribution in [0.15, 0.2) is 47.6 Å². The first-order chi connectivity index (χ1) is 15.2. The second-order valence-electron chi connectivity index (χ2n) is 7.37. The average molecular weight is 458 g/mol. The van der Waals surface area contributed by atoms with Gasteiger partial charge >= 0.3 is 0 Å². The van der Waals surface area contributed by atoms with E-state index < -0.39 is 0 Å². The lowest BCUT2D eigenvalue weighted by Crippen LogP contribution is -2.36. The van der Waals surface area contributed by atoms with Crippen molar-refractivity contribution in [1.82, 2.24) is 5.43 Å². The van der Waals surface area contributed by atoms with Crippen molar-refractivity contribution in [2.45, 2.75) is 11.5 Å². The second kappa shape index (κ2) is 10.9. The fraction of sp³-hybridized carbons (Fsp3) is 0.391. The maximum atomic E-state index is 12.0. The molecule has 8 heteroatoms. The number of morpholine rings is 1. The fourth-order valence-corrected chi connectivity index (χ4v) is 6.41. The molecule has 6 nitrogen and oxygen atoms in total. The van der Waals surface area contributed by atoms with Gasteiger partial charge in [-0.1, -0.05) is 18.2 Å². The maximum Gasteiger partial charge on any atom is 0.277 e. The predicted molar refractivity (Wildman–Crippen MR) is 130 cm³/mol. The van der Waals surface area contributed by atoms with Gasteiger partial charge in [-0.2, -0.15) is 5.10 Å². The van der Waals surface area contributed by atoms with E-state index in [4.69, 9.17) is 9.47 Å². The van der Waals surface area contributed by atoms with E-state index in [0.717, 1.165) is 31.9 Å². The van der Waals surface area contributed by atoms with Crippen molar-refractivity contribution in [3.05, 3.63) is 59.2 Å². The molecule has 2 aliphatic rings. The molecule has 0 spiro atoms. The summed E-state index contributed by atoms with van der Waals surface area (Å²) in [5.74, 6) is 2.80. The van der Waals surface area contributed by atoms with Crippen LogP contribution in [-0.4, -0.2) is 56.5 Å². The summed E-state index contributed by atoms with van der Waals surface area (Å²) in [5.41, 5.74) is 7.16. The Balaban J connectivity index is 1.23. The van der Waals surface area contributed by atoms with Crippen LogP contribution < -0.4 is 15.1 Å². The topological polar surface area (TPSA) is 63.2 Å². The SMILES string of the molecule is Cc1cc(/C=N\NC(=O)COc2ccc(C3SCCS3)cc2)ccc1N1CCOCC1. The number of carbonyl (C=O) groups excluding carboxylic acids is 1. The second-order valence-corrected chi connectivity index (χ2v) is 10.1. The highest BCUT2D eigenvalue weighted by Crippen LogP contribution is 2.45. The van der Waals surface area contributed by atoms with Gasteiger partial charge in [0.05, 0.1) is 24.0 Å². The Morgan fingerprint density at radius 3 is 2.65 bits per heavy atom. The van der Waals surface area contributed by atoms with Crippen molar-refractivity contribution in [2.75, 3.05) is 49.3 Å². The number of nitrogens with one attached hydrogen (secondary N) is 1. The minimum atomic E-state index is -0.288. The van der Waals surface area contributed by atoms with Gasteiger partial charge in [0.1, 0.15) is 5.75 Å². The van der Waals surface area contributed by atoms with E-state index in [2.05, 4.69) is 46.6 Å². The first kappa shape index (κ1) is 22.0. The molecule has 0 bridgehead atoms. The number of anilines is 1. The molecule has 4 rings (SSSR count). The molecule has 0 radical (unpaired) electrons. The van der Waals surface area contributed by atoms with E-state index in [-0.39, 0.29) is 12.5 Å². The summed E-state index contributed by atoms with van der Waals surface area (Å²) in [7, 11) is 0. The van der Waals surface area contributed by atoms with E-state index in [0.29, 0.717) is 10.3 Å². The first-order valence-corrected chi connectivity index (χ1v) is 12.5. The molecule has 0 aliphatic carbocycles. The van der Waals surface area contributed by atoms with Crippen molar-refractivity contribution in [3.8, 4) is 5.75 Å². The molecule has 164 valence electrons. The summed E-state index contributed by atoms with van der Waals surface area (Å²) in [6.07, 6.45) is 1.65. The van der Waals surface area contributed by atoms with E-state index in [1.54, 1.807) is 6.21 Å². The van der Waals surface area contributed by atoms with E-state index >= 15 is 0 Å². The standard InChI is InChI=1S/C23H27N3O3S2/c1-17-14-18(2-7-21(17)26-8-10-28-11-9-26)15-24-25-22(27)16-29-20-5-3-19(4-6-20)23-30-12-13-31-23/h2-7,14-15,23H,8-13,16H2,1H3,(H,25,27)/b24-15-. The van der Waals surface area contributed by atoms with Crippen LogP contribution in [0.5, 0.6) is 5.75 Å². The highest BCUT2D eigenvalue weighted by molar-refractivity contribution is 8.19. The number of ether oxygens (including phenoxy) is 2. The van der Waals surface area contributed by atoms with Crippen LogP contribution in [0.25, 0.3) is 0 Å². The minimum absolute atomic E-state index is 0.0708. The van der Waals surface area contributed by atoms with Gasteiger partial charge in [0.25, 0.3) is 5.91 Å². The van der Waals surface area contributed by atoms with Crippen molar-refractivity contribution in [3.63, 3.8) is 0 Å². The summed E-state index contributed by atoms with van der Waals surface area (Å²) in [5, 5.41) is 4.06. The van der Waals surface area contributed by atoms with E-state index in [1.165, 1.54) is 28.3 Å². The number of carbonyl (C=O) groups is 1. The summed E-state index contributed by atoms with van der Waals surface area (Å²) in [6.45, 7) is 5.36. The monoisotopic (exact) mass is 457 g/mol. The van der Waals surface area contributed by atoms with Gasteiger partial charge in [-0.3, -0.25) is 4.79 Å². The number of rotatable bonds is 7. The molecular weight excluding hydrogens is 430 g/mol. The Hall–Kier alpha value is -2.16. The van der Waals surface area contributed by atoms with Gasteiger partial charge in [0.2, 0.25) is 0 Å². The van der Waals surface area contributed by atoms with Gasteiger partial charge < -0.3 is 14.4 Å². The zero-order valence-corrected chi connectivity index (χ0v) is 19.2. The molecule has 2 aromatic carbocycles. The van der Waals surface area contributed by atoms with Crippen LogP contribution >= 0.6 is 23.5 Å². The van der Waals surface area contributed by atoms with E-state index in [9.17, 15) is 4.79 Å². The maximum absolute atomic E-state index is 12.0. The minimum Gasteiger partial charge on any atom is -0.484 e. The lowest BCUT2D eigenvalue weighted by atomic mass is 10.1. The van der Waals surface area contributed by atoms with Gasteiger partial charge in [-0.05, 0) is 47.9 Å². The number of aryl methyl sites for hydroxylation is 1. The number of nitrogens with zero attached hydrogens (tertiary/aromatic N) is 2. The Labute approximate surface area is 191 Å². The first-order valence-electron chi connectivity index (χ1n) is 10.4. The molecule has 2 saturated heterocycles. The molecule has 0 unspecified atom stereocenters. The lowest BCUT2D eigenvalue weighted by Gasteiger charge is -2.30. The van der Waals surface area contributed by atoms with Crippen molar-refractivity contribution >= 4 is 41.3 Å². The number of thioether (sulfide) groups is 2. The molecule has 31 heavy (non-hydrogen) atoms. The highest BCUT2D eigenvalue weighted by Gasteiger charge is 2.18. The van der Waals surface area contributed by atoms with Crippen LogP contribution in [0.1, 0.15) is 21.3 Å². The summed E-state index contributed by atoms with van der Waals surface area (Å²) in [4.78, 5) is 14.4. The van der Waals surface area contributed by atoms with Gasteiger partial charge in [0, 0.05) is 30.3 Å². The summed E-state index contributed by atoms with van der Waals surface area (Å²) < 4.78 is 11.5. The summed E-state index contributed by atoms with van der Waals surface area (Å²) >= 11 is 3.94. The molecule has 2 fully saturated rings. The van der Waals surface area contributed by atoms with Crippen molar-refractivity contribution in [1.29, 1.82) is 0 Å². The number of hydrazone groups is 1. The molecule has 0 aromatic heterocycles. The smallest absolute Gasteiger partial charge is 0.277 e. The van der Waals surface area contributed by atoms with Crippen molar-refractivity contribution in [2.24, 2.45) is 5.10 Å². The third-order valence-electron chi connectivity index (χ3n) is 5.12. The zero-order valence-electron chi connectivity index (χ0n) is 17.6. The van der Waals surface area contributed by atoms with Crippen molar-refractivity contribution < 1.29 is 14.3 Å². The average Bonchev–Trinajstić information content (AvgIpc) is 3.34. The quantitative estimate of drug-likeness (QED) is 0.504. The normalized spacial score (nSPS) is 17.3. The molecule has 1 N–H and O–H groups in total. The molecule has 0 atom stereocenters. The number of hydrogen-bond donors (Lipinski definition) is 1. The van der Waals surface area contributed by atoms with Crippen LogP contribution in [0.4, 0.5) is 5.69 Å². The third-order valence-corrected chi connectivity index (χ3v) is 8.22. The molecule has 2 aliphatic heterocycles. The number of amides is 1. The molecular formula is C23H27N3O3S2.